The molecule has 0 radical (unpaired) electrons. The summed E-state index contributed by atoms with van der Waals surface area (Å²) in [6.07, 6.45) is 5.49. The van der Waals surface area contributed by atoms with Crippen LogP contribution >= 0.6 is 11.3 Å². The van der Waals surface area contributed by atoms with E-state index in [1.807, 2.05) is 5.38 Å². The van der Waals surface area contributed by atoms with E-state index in [2.05, 4.69) is 15.6 Å². The summed E-state index contributed by atoms with van der Waals surface area (Å²) in [6.45, 7) is 0. The molecule has 0 saturated heterocycles. The van der Waals surface area contributed by atoms with Gasteiger partial charge in [-0.1, -0.05) is 0 Å². The van der Waals surface area contributed by atoms with Crippen LogP contribution < -0.4 is 10.6 Å². The number of carbonyl (C=O) groups is 1. The zero-order chi connectivity index (χ0) is 13.2. The minimum absolute atomic E-state index is 0.172. The monoisotopic (exact) mass is 281 g/mol. The van der Waals surface area contributed by atoms with Crippen LogP contribution in [0.15, 0.2) is 5.38 Å². The van der Waals surface area contributed by atoms with E-state index in [-0.39, 0.29) is 18.2 Å². The Morgan fingerprint density at radius 1 is 1.26 bits per heavy atom. The highest BCUT2D eigenvalue weighted by Crippen LogP contribution is 2.40. The molecule has 2 aliphatic rings. The molecule has 1 aromatic rings. The molecule has 19 heavy (non-hydrogen) atoms. The average molecular weight is 281 g/mol. The molecule has 0 aromatic carbocycles. The lowest BCUT2D eigenvalue weighted by atomic mass is 9.93. The van der Waals surface area contributed by atoms with Gasteiger partial charge >= 0.3 is 6.03 Å². The molecule has 6 heteroatoms. The van der Waals surface area contributed by atoms with Crippen molar-refractivity contribution >= 4 is 22.5 Å². The number of thiazole rings is 1. The highest BCUT2D eigenvalue weighted by atomic mass is 32.1. The maximum atomic E-state index is 11.8. The topological polar surface area (TPSA) is 74.2 Å². The molecule has 0 spiro atoms. The van der Waals surface area contributed by atoms with Gasteiger partial charge in [0, 0.05) is 17.3 Å². The number of aliphatic hydroxyl groups is 1. The Labute approximate surface area is 116 Å². The molecular formula is C13H19N3O2S. The summed E-state index contributed by atoms with van der Waals surface area (Å²) in [5, 5.41) is 17.9. The first kappa shape index (κ1) is 12.9. The van der Waals surface area contributed by atoms with E-state index < -0.39 is 0 Å². The number of carbonyl (C=O) groups excluding carboxylic acids is 1. The third kappa shape index (κ3) is 3.45. The number of nitrogens with zero attached hydrogens (tertiary/aromatic N) is 1. The molecule has 5 nitrogen and oxygen atoms in total. The Morgan fingerprint density at radius 3 is 2.68 bits per heavy atom. The zero-order valence-electron chi connectivity index (χ0n) is 10.8. The van der Waals surface area contributed by atoms with Gasteiger partial charge in [-0.05, 0) is 38.5 Å². The van der Waals surface area contributed by atoms with Crippen LogP contribution in [-0.2, 0) is 0 Å². The standard InChI is InChI=1S/C13H19N3O2S/c17-10-5-3-9(4-6-10)14-12(18)16-13-15-11(7-19-13)8-1-2-8/h7-10,17H,1-6H2,(H2,14,15,16,18). The first-order valence-corrected chi connectivity index (χ1v) is 7.79. The first-order valence-electron chi connectivity index (χ1n) is 6.91. The lowest BCUT2D eigenvalue weighted by Crippen LogP contribution is -2.40. The number of hydrogen-bond donors (Lipinski definition) is 3. The fraction of sp³-hybridized carbons (Fsp3) is 0.692. The molecule has 2 aliphatic carbocycles. The molecule has 1 heterocycles. The lowest BCUT2D eigenvalue weighted by molar-refractivity contribution is 0.118. The number of nitrogens with one attached hydrogen (secondary N) is 2. The maximum Gasteiger partial charge on any atom is 0.321 e. The second-order valence-electron chi connectivity index (χ2n) is 5.46. The van der Waals surface area contributed by atoms with Gasteiger partial charge in [-0.3, -0.25) is 5.32 Å². The number of rotatable bonds is 3. The van der Waals surface area contributed by atoms with Crippen molar-refractivity contribution in [2.75, 3.05) is 5.32 Å². The van der Waals surface area contributed by atoms with Crippen molar-refractivity contribution in [1.82, 2.24) is 10.3 Å². The Hall–Kier alpha value is -1.14. The second kappa shape index (κ2) is 5.46. The van der Waals surface area contributed by atoms with Gasteiger partial charge in [0.15, 0.2) is 5.13 Å². The fourth-order valence-electron chi connectivity index (χ4n) is 2.45. The molecule has 2 saturated carbocycles. The number of anilines is 1. The van der Waals surface area contributed by atoms with Gasteiger partial charge in [0.25, 0.3) is 0 Å². The third-order valence-electron chi connectivity index (χ3n) is 3.77. The molecule has 0 aliphatic heterocycles. The second-order valence-corrected chi connectivity index (χ2v) is 6.31. The van der Waals surface area contributed by atoms with E-state index in [1.54, 1.807) is 0 Å². The predicted octanol–water partition coefficient (Wildman–Crippen LogP) is 2.45. The van der Waals surface area contributed by atoms with Crippen molar-refractivity contribution < 1.29 is 9.90 Å². The minimum Gasteiger partial charge on any atom is -0.393 e. The van der Waals surface area contributed by atoms with Gasteiger partial charge in [-0.2, -0.15) is 0 Å². The maximum absolute atomic E-state index is 11.8. The Bertz CT molecular complexity index is 450. The van der Waals surface area contributed by atoms with E-state index >= 15 is 0 Å². The van der Waals surface area contributed by atoms with Crippen molar-refractivity contribution in [2.45, 2.75) is 56.6 Å². The average Bonchev–Trinajstić information content (AvgIpc) is 3.14. The van der Waals surface area contributed by atoms with E-state index in [0.717, 1.165) is 31.4 Å². The van der Waals surface area contributed by atoms with Gasteiger partial charge in [0.05, 0.1) is 11.8 Å². The SMILES string of the molecule is O=C(Nc1nc(C2CC2)cs1)NC1CCC(O)CC1. The van der Waals surface area contributed by atoms with Crippen molar-refractivity contribution in [3.05, 3.63) is 11.1 Å². The number of urea groups is 1. The quantitative estimate of drug-likeness (QED) is 0.796. The molecule has 3 N–H and O–H groups in total. The zero-order valence-corrected chi connectivity index (χ0v) is 11.6. The summed E-state index contributed by atoms with van der Waals surface area (Å²) < 4.78 is 0. The summed E-state index contributed by atoms with van der Waals surface area (Å²) in [6, 6.07) is -0.00986. The number of hydrogen-bond acceptors (Lipinski definition) is 4. The molecule has 104 valence electrons. The predicted molar refractivity (Wildman–Crippen MR) is 74.5 cm³/mol. The first-order chi connectivity index (χ1) is 9.20. The van der Waals surface area contributed by atoms with E-state index in [0.29, 0.717) is 11.0 Å². The third-order valence-corrected chi connectivity index (χ3v) is 4.55. The van der Waals surface area contributed by atoms with Gasteiger partial charge in [-0.15, -0.1) is 11.3 Å². The molecule has 0 bridgehead atoms. The summed E-state index contributed by atoms with van der Waals surface area (Å²) in [4.78, 5) is 16.3. The molecule has 2 amide bonds. The Kier molecular flexibility index (Phi) is 3.70. The van der Waals surface area contributed by atoms with Crippen LogP contribution in [-0.4, -0.2) is 28.3 Å². The van der Waals surface area contributed by atoms with Gasteiger partial charge in [0.2, 0.25) is 0 Å². The highest BCUT2D eigenvalue weighted by Gasteiger charge is 2.26. The largest absolute Gasteiger partial charge is 0.393 e. The summed E-state index contributed by atoms with van der Waals surface area (Å²) >= 11 is 1.49. The van der Waals surface area contributed by atoms with Crippen LogP contribution in [0.1, 0.15) is 50.1 Å². The van der Waals surface area contributed by atoms with E-state index in [1.165, 1.54) is 24.2 Å². The van der Waals surface area contributed by atoms with Crippen molar-refractivity contribution in [3.8, 4) is 0 Å². The van der Waals surface area contributed by atoms with Crippen LogP contribution in [0.25, 0.3) is 0 Å². The van der Waals surface area contributed by atoms with Crippen LogP contribution in [0, 0.1) is 0 Å². The number of aromatic nitrogens is 1. The van der Waals surface area contributed by atoms with Crippen LogP contribution in [0.4, 0.5) is 9.93 Å². The lowest BCUT2D eigenvalue weighted by Gasteiger charge is -2.25. The van der Waals surface area contributed by atoms with E-state index in [4.69, 9.17) is 0 Å². The molecule has 0 atom stereocenters. The molecule has 3 rings (SSSR count). The molecule has 0 unspecified atom stereocenters. The minimum atomic E-state index is -0.193. The van der Waals surface area contributed by atoms with Gasteiger partial charge in [-0.25, -0.2) is 9.78 Å². The van der Waals surface area contributed by atoms with Crippen molar-refractivity contribution in [3.63, 3.8) is 0 Å². The van der Waals surface area contributed by atoms with Crippen LogP contribution in [0.5, 0.6) is 0 Å². The normalized spacial score (nSPS) is 27.0. The van der Waals surface area contributed by atoms with Crippen molar-refractivity contribution in [2.24, 2.45) is 0 Å². The molecular weight excluding hydrogens is 262 g/mol. The summed E-state index contributed by atoms with van der Waals surface area (Å²) in [5.41, 5.74) is 1.11. The van der Waals surface area contributed by atoms with Gasteiger partial charge < -0.3 is 10.4 Å². The van der Waals surface area contributed by atoms with E-state index in [9.17, 15) is 9.90 Å². The van der Waals surface area contributed by atoms with Crippen LogP contribution in [0.3, 0.4) is 0 Å². The molecule has 1 aromatic heterocycles. The summed E-state index contributed by atoms with van der Waals surface area (Å²) in [7, 11) is 0. The number of amides is 2. The number of aliphatic hydroxyl groups excluding tert-OH is 1. The fourth-order valence-corrected chi connectivity index (χ4v) is 3.24. The van der Waals surface area contributed by atoms with Gasteiger partial charge in [0.1, 0.15) is 0 Å². The Morgan fingerprint density at radius 2 is 2.00 bits per heavy atom. The van der Waals surface area contributed by atoms with Crippen LogP contribution in [0.2, 0.25) is 0 Å². The summed E-state index contributed by atoms with van der Waals surface area (Å²) in [5.74, 6) is 0.620. The highest BCUT2D eigenvalue weighted by molar-refractivity contribution is 7.13. The van der Waals surface area contributed by atoms with Crippen molar-refractivity contribution in [1.29, 1.82) is 0 Å². The molecule has 2 fully saturated rings. The smallest absolute Gasteiger partial charge is 0.321 e. The Balaban J connectivity index is 1.47.